The van der Waals surface area contributed by atoms with Crippen molar-refractivity contribution in [3.8, 4) is 5.75 Å². The Balaban J connectivity index is 0.00000256. The van der Waals surface area contributed by atoms with Crippen LogP contribution in [0.2, 0.25) is 0 Å². The molecule has 1 aliphatic heterocycles. The zero-order chi connectivity index (χ0) is 30.8. The van der Waals surface area contributed by atoms with E-state index in [0.29, 0.717) is 25.5 Å². The highest BCUT2D eigenvalue weighted by Crippen LogP contribution is 2.34. The number of imidazole rings is 1. The number of nitrogens with one attached hydrogen (secondary N) is 4. The van der Waals surface area contributed by atoms with Crippen LogP contribution in [0, 0.1) is 11.3 Å². The van der Waals surface area contributed by atoms with Crippen molar-refractivity contribution in [1.82, 2.24) is 25.7 Å². The molecular weight excluding hydrogens is 661 g/mol. The minimum absolute atomic E-state index is 0. The van der Waals surface area contributed by atoms with E-state index in [0.717, 1.165) is 80.0 Å². The summed E-state index contributed by atoms with van der Waals surface area (Å²) in [6, 6.07) is 13.5. The summed E-state index contributed by atoms with van der Waals surface area (Å²) >= 11 is 0. The molecule has 1 aliphatic carbocycles. The van der Waals surface area contributed by atoms with Crippen LogP contribution >= 0.6 is 37.2 Å². The fourth-order valence-electron chi connectivity index (χ4n) is 6.72. The highest BCUT2D eigenvalue weighted by Gasteiger charge is 2.40. The molecule has 0 radical (unpaired) electrons. The lowest BCUT2D eigenvalue weighted by Gasteiger charge is -2.48. The van der Waals surface area contributed by atoms with E-state index in [9.17, 15) is 4.79 Å². The molecule has 3 aromatic rings. The number of carbonyl (C=O) groups excluding carboxylic acids is 1. The molecule has 1 aromatic heterocycles. The molecule has 13 heteroatoms. The monoisotopic (exact) mass is 711 g/mol. The van der Waals surface area contributed by atoms with Gasteiger partial charge >= 0.3 is 6.09 Å². The summed E-state index contributed by atoms with van der Waals surface area (Å²) in [5.74, 6) is 2.21. The van der Waals surface area contributed by atoms with E-state index in [-0.39, 0.29) is 48.6 Å². The van der Waals surface area contributed by atoms with Gasteiger partial charge in [0.2, 0.25) is 0 Å². The Kier molecular flexibility index (Phi) is 17.3. The normalized spacial score (nSPS) is 18.4. The van der Waals surface area contributed by atoms with Crippen LogP contribution in [0.25, 0.3) is 11.0 Å². The molecule has 2 aromatic carbocycles. The summed E-state index contributed by atoms with van der Waals surface area (Å²) in [7, 11) is 0. The molecule has 47 heavy (non-hydrogen) atoms. The van der Waals surface area contributed by atoms with Gasteiger partial charge in [-0.1, -0.05) is 56.4 Å². The first-order valence-corrected chi connectivity index (χ1v) is 16.4. The molecule has 1 amide bonds. The van der Waals surface area contributed by atoms with Crippen LogP contribution in [0.5, 0.6) is 5.75 Å². The average Bonchev–Trinajstić information content (AvgIpc) is 3.45. The molecular formula is C34H52Cl3N7O3. The molecule has 1 saturated carbocycles. The van der Waals surface area contributed by atoms with Gasteiger partial charge in [0, 0.05) is 50.9 Å². The van der Waals surface area contributed by atoms with Gasteiger partial charge < -0.3 is 25.5 Å². The minimum Gasteiger partial charge on any atom is -0.409 e. The van der Waals surface area contributed by atoms with E-state index < -0.39 is 6.09 Å². The Bertz CT molecular complexity index is 1390. The van der Waals surface area contributed by atoms with Crippen LogP contribution in [-0.2, 0) is 17.6 Å². The number of rotatable bonds is 14. The van der Waals surface area contributed by atoms with Gasteiger partial charge in [-0.3, -0.25) is 10.8 Å². The zero-order valence-electron chi connectivity index (χ0n) is 27.4. The molecule has 1 saturated heterocycles. The maximum absolute atomic E-state index is 13.3. The number of fused-ring (bicyclic) bond motifs is 1. The third kappa shape index (κ3) is 11.5. The molecule has 262 valence electrons. The molecule has 10 nitrogen and oxygen atoms in total. The van der Waals surface area contributed by atoms with Crippen LogP contribution in [0.3, 0.4) is 0 Å². The zero-order valence-corrected chi connectivity index (χ0v) is 29.8. The molecule has 6 N–H and O–H groups in total. The standard InChI is InChI=1S/C34H49N7O3.3ClH/c1-2-43-22-6-9-31-38-29-15-14-28(23-30(29)39-31)44-33(42)40-41-21-20-37-24-34(41,18-16-25-7-4-3-5-8-25)19-17-26-10-12-27(13-11-26)32(35)36;;;/h10-15,23,25,37H,2-9,16-22,24H2,1H3,(H3,35,36)(H,38,39)(H,40,42);3*1H. The van der Waals surface area contributed by atoms with Gasteiger partial charge in [-0.15, -0.1) is 37.2 Å². The number of piperazine rings is 1. The summed E-state index contributed by atoms with van der Waals surface area (Å²) in [5.41, 5.74) is 12.2. The van der Waals surface area contributed by atoms with Gasteiger partial charge in [0.25, 0.3) is 0 Å². The quantitative estimate of drug-likeness (QED) is 0.0710. The highest BCUT2D eigenvalue weighted by molar-refractivity contribution is 5.94. The Morgan fingerprint density at radius 2 is 1.85 bits per heavy atom. The van der Waals surface area contributed by atoms with Crippen molar-refractivity contribution < 1.29 is 14.3 Å². The lowest BCUT2D eigenvalue weighted by atomic mass is 9.78. The first kappa shape index (κ1) is 40.6. The topological polar surface area (TPSA) is 141 Å². The Morgan fingerprint density at radius 1 is 1.09 bits per heavy atom. The van der Waals surface area contributed by atoms with Gasteiger partial charge in [-0.05, 0) is 62.6 Å². The summed E-state index contributed by atoms with van der Waals surface area (Å²) in [4.78, 5) is 21.3. The maximum Gasteiger partial charge on any atom is 0.427 e. The number of nitrogens with two attached hydrogens (primary N) is 1. The molecule has 5 rings (SSSR count). The largest absolute Gasteiger partial charge is 0.427 e. The number of hydrogen-bond acceptors (Lipinski definition) is 7. The fourth-order valence-corrected chi connectivity index (χ4v) is 6.72. The number of hydrazine groups is 1. The van der Waals surface area contributed by atoms with Crippen molar-refractivity contribution >= 4 is 60.2 Å². The van der Waals surface area contributed by atoms with Crippen molar-refractivity contribution in [2.45, 2.75) is 83.1 Å². The van der Waals surface area contributed by atoms with Gasteiger partial charge in [-0.2, -0.15) is 0 Å². The van der Waals surface area contributed by atoms with Crippen molar-refractivity contribution in [2.24, 2.45) is 11.7 Å². The number of H-pyrrole nitrogens is 1. The molecule has 1 unspecified atom stereocenters. The van der Waals surface area contributed by atoms with Crippen molar-refractivity contribution in [1.29, 1.82) is 5.41 Å². The molecule has 1 atom stereocenters. The Morgan fingerprint density at radius 3 is 2.57 bits per heavy atom. The van der Waals surface area contributed by atoms with Crippen LogP contribution in [0.15, 0.2) is 42.5 Å². The van der Waals surface area contributed by atoms with E-state index in [4.69, 9.17) is 20.6 Å². The SMILES string of the molecule is CCOCCCc1nc2ccc(OC(=O)NN3CCNCC3(CCc3ccc(C(=N)N)cc3)CCC3CCCCC3)cc2[nH]1.Cl.Cl.Cl. The van der Waals surface area contributed by atoms with Crippen molar-refractivity contribution in [2.75, 3.05) is 32.8 Å². The van der Waals surface area contributed by atoms with Gasteiger partial charge in [-0.25, -0.2) is 14.8 Å². The lowest BCUT2D eigenvalue weighted by Crippen LogP contribution is -2.67. The summed E-state index contributed by atoms with van der Waals surface area (Å²) in [6.07, 6.45) is 11.7. The number of aromatic nitrogens is 2. The van der Waals surface area contributed by atoms with E-state index >= 15 is 0 Å². The first-order valence-electron chi connectivity index (χ1n) is 16.4. The molecule has 2 fully saturated rings. The van der Waals surface area contributed by atoms with Crippen LogP contribution in [0.1, 0.15) is 81.7 Å². The van der Waals surface area contributed by atoms with Crippen LogP contribution in [-0.4, -0.2) is 65.3 Å². The number of hydrogen-bond donors (Lipinski definition) is 5. The van der Waals surface area contributed by atoms with Crippen LogP contribution in [0.4, 0.5) is 4.79 Å². The summed E-state index contributed by atoms with van der Waals surface area (Å²) in [6.45, 7) is 5.73. The van der Waals surface area contributed by atoms with Crippen molar-refractivity contribution in [3.63, 3.8) is 0 Å². The highest BCUT2D eigenvalue weighted by atomic mass is 35.5. The lowest BCUT2D eigenvalue weighted by molar-refractivity contribution is -0.00103. The van der Waals surface area contributed by atoms with E-state index in [1.54, 1.807) is 6.07 Å². The third-order valence-corrected chi connectivity index (χ3v) is 9.27. The maximum atomic E-state index is 13.3. The number of carbonyl (C=O) groups is 1. The number of halogens is 3. The first-order chi connectivity index (χ1) is 21.4. The third-order valence-electron chi connectivity index (χ3n) is 9.27. The van der Waals surface area contributed by atoms with E-state index in [1.807, 2.05) is 31.2 Å². The van der Waals surface area contributed by atoms with Gasteiger partial charge in [0.15, 0.2) is 0 Å². The number of aryl methyl sites for hydroxylation is 2. The average molecular weight is 713 g/mol. The number of nitrogen functional groups attached to an aromatic ring is 1. The fraction of sp³-hybridized carbons (Fsp3) is 0.559. The molecule has 2 heterocycles. The summed E-state index contributed by atoms with van der Waals surface area (Å²) in [5, 5.41) is 13.5. The smallest absolute Gasteiger partial charge is 0.409 e. The predicted molar refractivity (Wildman–Crippen MR) is 196 cm³/mol. The van der Waals surface area contributed by atoms with Crippen LogP contribution < -0.4 is 21.2 Å². The van der Waals surface area contributed by atoms with Gasteiger partial charge in [0.1, 0.15) is 17.4 Å². The van der Waals surface area contributed by atoms with Gasteiger partial charge in [0.05, 0.1) is 16.6 Å². The number of ether oxygens (including phenoxy) is 2. The number of aromatic amines is 1. The Labute approximate surface area is 297 Å². The molecule has 0 bridgehead atoms. The number of nitrogens with zero attached hydrogens (tertiary/aromatic N) is 2. The second-order valence-electron chi connectivity index (χ2n) is 12.4. The summed E-state index contributed by atoms with van der Waals surface area (Å²) < 4.78 is 11.3. The predicted octanol–water partition coefficient (Wildman–Crippen LogP) is 6.72. The molecule has 2 aliphatic rings. The minimum atomic E-state index is -0.476. The van der Waals surface area contributed by atoms with Crippen molar-refractivity contribution in [3.05, 3.63) is 59.4 Å². The number of amides is 1. The Hall–Kier alpha value is -2.60. The molecule has 0 spiro atoms. The second-order valence-corrected chi connectivity index (χ2v) is 12.4. The number of amidine groups is 1. The van der Waals surface area contributed by atoms with E-state index in [2.05, 4.69) is 37.9 Å². The number of benzene rings is 2. The van der Waals surface area contributed by atoms with E-state index in [1.165, 1.54) is 37.7 Å². The second kappa shape index (κ2) is 20.0.